The number of nitrogens with zero attached hydrogens (tertiary/aromatic N) is 1. The summed E-state index contributed by atoms with van der Waals surface area (Å²) in [6.45, 7) is 6.54. The van der Waals surface area contributed by atoms with Crippen molar-refractivity contribution in [2.24, 2.45) is 0 Å². The third-order valence-corrected chi connectivity index (χ3v) is 27.1. The number of thiophene rings is 3. The Kier molecular flexibility index (Phi) is 16.1. The molecule has 3 aliphatic carbocycles. The average Bonchev–Trinajstić information content (AvgIpc) is 1.54. The van der Waals surface area contributed by atoms with Crippen LogP contribution in [0.15, 0.2) is 328 Å². The van der Waals surface area contributed by atoms with Gasteiger partial charge in [-0.15, -0.1) is 51.8 Å². The Morgan fingerprint density at radius 2 is 0.536 bits per heavy atom. The minimum Gasteiger partial charge on any atom is -0.481 e. The number of ether oxygens (including phenoxy) is 3. The monoisotopic (exact) mass is 1490 g/mol. The van der Waals surface area contributed by atoms with Crippen LogP contribution in [0.1, 0.15) is 85.5 Å². The highest BCUT2D eigenvalue weighted by atomic mass is 32.1. The summed E-state index contributed by atoms with van der Waals surface area (Å²) in [5, 5.41) is 17.4. The molecule has 3 unspecified atom stereocenters. The van der Waals surface area contributed by atoms with Crippen molar-refractivity contribution < 1.29 is 14.2 Å². The fraction of sp³-hybridized carbons (Fsp3) is 0.0857. The second-order valence-corrected chi connectivity index (χ2v) is 32.3. The van der Waals surface area contributed by atoms with Crippen molar-refractivity contribution in [1.29, 1.82) is 0 Å². The van der Waals surface area contributed by atoms with Gasteiger partial charge < -0.3 is 14.2 Å². The maximum atomic E-state index is 6.19. The molecule has 0 N–H and O–H groups in total. The highest BCUT2D eigenvalue weighted by Gasteiger charge is 2.52. The second-order valence-electron chi connectivity index (χ2n) is 29.1. The Morgan fingerprint density at radius 1 is 0.259 bits per heavy atom. The minimum absolute atomic E-state index is 0.332. The van der Waals surface area contributed by atoms with Crippen LogP contribution in [0.4, 0.5) is 15.0 Å². The van der Waals surface area contributed by atoms with E-state index in [-0.39, 0.29) is 0 Å². The predicted molar refractivity (Wildman–Crippen MR) is 469 cm³/mol. The standard InChI is InChI=1S/C105H69NO3S3/c1-4-7-58-107-79-46-37-70-61-76(43-34-73(70)64-79)103(88-31-19-16-28-85(88)100-82-25-13-10-22-67(82)40-49-91(100)103)94-52-55-97(110-94)106(98-56-53-95(111-98)104(77-44-35-74-65-80(108-59-8-5-2)47-38-71(74)62-77)89-32-20-17-29-86(89)101-83-26-14-11-23-68(83)41-50-92(101)104)99-57-54-96(112-99)105(78-45-36-75-66-81(109-60-9-6-3)48-39-72(75)63-78)90-33-21-18-30-87(90)102-84-27-15-12-24-69(84)42-51-93(102)105/h10-57,61-66H,58-60H2,1-3H3. The molecule has 3 atom stereocenters. The number of benzene rings is 15. The first-order chi connectivity index (χ1) is 55.4. The van der Waals surface area contributed by atoms with E-state index in [0.717, 1.165) is 64.6 Å². The molecule has 0 spiro atoms. The van der Waals surface area contributed by atoms with Gasteiger partial charge in [0.25, 0.3) is 0 Å². The van der Waals surface area contributed by atoms with E-state index in [9.17, 15) is 0 Å². The van der Waals surface area contributed by atoms with E-state index < -0.39 is 16.2 Å². The average molecular weight is 1490 g/mol. The lowest BCUT2D eigenvalue weighted by atomic mass is 9.71. The van der Waals surface area contributed by atoms with E-state index >= 15 is 0 Å². The molecule has 0 radical (unpaired) electrons. The van der Waals surface area contributed by atoms with Crippen molar-refractivity contribution in [2.75, 3.05) is 24.7 Å². The fourth-order valence-corrected chi connectivity index (χ4v) is 22.8. The van der Waals surface area contributed by atoms with E-state index in [2.05, 4.69) is 368 Å². The van der Waals surface area contributed by atoms with Gasteiger partial charge in [-0.05, 0) is 260 Å². The first kappa shape index (κ1) is 67.0. The Bertz CT molecular complexity index is 6480. The Morgan fingerprint density at radius 3 is 0.857 bits per heavy atom. The smallest absolute Gasteiger partial charge is 0.149 e. The molecule has 7 heteroatoms. The highest BCUT2D eigenvalue weighted by molar-refractivity contribution is 7.21. The van der Waals surface area contributed by atoms with Gasteiger partial charge in [0.05, 0.1) is 16.2 Å². The van der Waals surface area contributed by atoms with Gasteiger partial charge in [0, 0.05) is 14.6 Å². The number of hydrogen-bond donors (Lipinski definition) is 0. The first-order valence-corrected chi connectivity index (χ1v) is 40.5. The van der Waals surface area contributed by atoms with Crippen LogP contribution in [0.25, 0.3) is 98.0 Å². The molecule has 3 heterocycles. The molecule has 0 fully saturated rings. The normalized spacial score (nSPS) is 16.0. The molecule has 15 aromatic carbocycles. The summed E-state index contributed by atoms with van der Waals surface area (Å²) >= 11 is 5.68. The molecule has 0 amide bonds. The molecule has 0 saturated carbocycles. The van der Waals surface area contributed by atoms with E-state index in [4.69, 9.17) is 14.2 Å². The van der Waals surface area contributed by atoms with Crippen molar-refractivity contribution in [2.45, 2.75) is 37.0 Å². The number of rotatable bonds is 15. The zero-order valence-corrected chi connectivity index (χ0v) is 64.1. The van der Waals surface area contributed by atoms with Gasteiger partial charge in [0.15, 0.2) is 0 Å². The molecule has 3 aromatic heterocycles. The molecule has 3 aliphatic rings. The summed E-state index contributed by atoms with van der Waals surface area (Å²) in [7, 11) is 0. The first-order valence-electron chi connectivity index (χ1n) is 38.0. The second kappa shape index (κ2) is 26.9. The SMILES string of the molecule is CC#CCOc1ccc2cc(C3(c4ccc(N(c5ccc(C6(c7ccc8cc(OCC#CC)ccc8c7)c7ccccc7-c7c6ccc6ccccc76)s5)c5ccc(C6(c7ccc8cc(OCC#CC)ccc8c7)c7ccccc7-c7c6ccc6ccccc76)s5)s4)c4ccccc4-c4c3ccc3ccccc43)ccc2c1. The molecule has 18 aromatic rings. The lowest BCUT2D eigenvalue weighted by Crippen LogP contribution is -2.27. The van der Waals surface area contributed by atoms with Crippen LogP contribution in [-0.4, -0.2) is 19.8 Å². The molecule has 4 nitrogen and oxygen atoms in total. The van der Waals surface area contributed by atoms with Crippen molar-refractivity contribution in [3.63, 3.8) is 0 Å². The Hall–Kier alpha value is -13.2. The summed E-state index contributed by atoms with van der Waals surface area (Å²) in [6, 6.07) is 124. The zero-order chi connectivity index (χ0) is 74.7. The van der Waals surface area contributed by atoms with E-state index in [1.807, 2.05) is 54.8 Å². The van der Waals surface area contributed by atoms with Gasteiger partial charge in [-0.2, -0.15) is 0 Å². The van der Waals surface area contributed by atoms with Gasteiger partial charge in [0.2, 0.25) is 0 Å². The topological polar surface area (TPSA) is 30.9 Å². The van der Waals surface area contributed by atoms with Crippen LogP contribution >= 0.6 is 34.0 Å². The molecule has 0 aliphatic heterocycles. The van der Waals surface area contributed by atoms with Crippen molar-refractivity contribution >= 4 is 114 Å². The number of hydrogen-bond acceptors (Lipinski definition) is 7. The third kappa shape index (κ3) is 10.2. The van der Waals surface area contributed by atoms with Crippen LogP contribution in [-0.2, 0) is 16.2 Å². The third-order valence-electron chi connectivity index (χ3n) is 23.5. The lowest BCUT2D eigenvalue weighted by Gasteiger charge is -2.33. The van der Waals surface area contributed by atoms with Gasteiger partial charge >= 0.3 is 0 Å². The minimum atomic E-state index is -0.751. The van der Waals surface area contributed by atoms with Crippen LogP contribution < -0.4 is 19.1 Å². The maximum absolute atomic E-state index is 6.19. The lowest BCUT2D eigenvalue weighted by molar-refractivity contribution is 0.370. The molecule has 21 rings (SSSR count). The van der Waals surface area contributed by atoms with Crippen molar-refractivity contribution in [1.82, 2.24) is 0 Å². The van der Waals surface area contributed by atoms with Gasteiger partial charge in [-0.25, -0.2) is 0 Å². The molecule has 0 saturated heterocycles. The van der Waals surface area contributed by atoms with Crippen molar-refractivity contribution in [3.8, 4) is 86.2 Å². The number of anilines is 3. The van der Waals surface area contributed by atoms with Gasteiger partial charge in [-0.1, -0.05) is 254 Å². The molecule has 530 valence electrons. The highest BCUT2D eigenvalue weighted by Crippen LogP contribution is 2.65. The van der Waals surface area contributed by atoms with E-state index in [0.29, 0.717) is 19.8 Å². The zero-order valence-electron chi connectivity index (χ0n) is 61.7. The summed E-state index contributed by atoms with van der Waals surface area (Å²) in [6.07, 6.45) is 0. The maximum Gasteiger partial charge on any atom is 0.149 e. The number of fused-ring (bicyclic) bond motifs is 18. The fourth-order valence-electron chi connectivity index (χ4n) is 18.8. The van der Waals surface area contributed by atoms with E-state index in [1.165, 1.54) is 130 Å². The molecular weight excluding hydrogens is 1420 g/mol. The van der Waals surface area contributed by atoms with Crippen molar-refractivity contribution in [3.05, 3.63) is 392 Å². The van der Waals surface area contributed by atoms with Crippen LogP contribution in [0.3, 0.4) is 0 Å². The van der Waals surface area contributed by atoms with E-state index in [1.54, 1.807) is 0 Å². The largest absolute Gasteiger partial charge is 0.481 e. The van der Waals surface area contributed by atoms with Gasteiger partial charge in [0.1, 0.15) is 52.1 Å². The summed E-state index contributed by atoms with van der Waals surface area (Å²) in [5.74, 6) is 20.6. The summed E-state index contributed by atoms with van der Waals surface area (Å²) in [4.78, 5) is 6.26. The Labute approximate surface area is 663 Å². The van der Waals surface area contributed by atoms with Gasteiger partial charge in [-0.3, -0.25) is 4.90 Å². The summed E-state index contributed by atoms with van der Waals surface area (Å²) in [5.41, 5.74) is 16.4. The molecule has 0 bridgehead atoms. The quantitative estimate of drug-likeness (QED) is 0.0957. The molecule has 112 heavy (non-hydrogen) atoms. The van der Waals surface area contributed by atoms with Crippen LogP contribution in [0, 0.1) is 35.5 Å². The van der Waals surface area contributed by atoms with Crippen LogP contribution in [0.2, 0.25) is 0 Å². The Balaban J connectivity index is 0.817. The molecular formula is C105H69NO3S3. The summed E-state index contributed by atoms with van der Waals surface area (Å²) < 4.78 is 18.6. The predicted octanol–water partition coefficient (Wildman–Crippen LogP) is 26.6. The van der Waals surface area contributed by atoms with Crippen LogP contribution in [0.5, 0.6) is 17.2 Å².